The topological polar surface area (TPSA) is 76.7 Å². The number of nitrogens with zero attached hydrogens (tertiary/aromatic N) is 4. The van der Waals surface area contributed by atoms with E-state index in [1.165, 1.54) is 16.9 Å². The summed E-state index contributed by atoms with van der Waals surface area (Å²) in [5, 5.41) is 20.2. The summed E-state index contributed by atoms with van der Waals surface area (Å²) in [5.41, 5.74) is 2.12. The van der Waals surface area contributed by atoms with Gasteiger partial charge in [0.2, 0.25) is 16.9 Å². The molecule has 0 spiro atoms. The molecule has 0 radical (unpaired) electrons. The SMILES string of the molecule is CNc1nnc(SC(C)c2nnc(-c3ccc(C)cc3)o2)s1. The van der Waals surface area contributed by atoms with Gasteiger partial charge in [-0.15, -0.1) is 20.4 Å². The van der Waals surface area contributed by atoms with Crippen molar-refractivity contribution in [3.63, 3.8) is 0 Å². The predicted octanol–water partition coefficient (Wildman–Crippen LogP) is 3.79. The molecule has 0 saturated carbocycles. The summed E-state index contributed by atoms with van der Waals surface area (Å²) in [7, 11) is 1.82. The Morgan fingerprint density at radius 3 is 2.59 bits per heavy atom. The van der Waals surface area contributed by atoms with Crippen LogP contribution in [0.15, 0.2) is 33.0 Å². The Morgan fingerprint density at radius 1 is 1.14 bits per heavy atom. The Bertz CT molecular complexity index is 753. The number of rotatable bonds is 5. The van der Waals surface area contributed by atoms with E-state index in [0.717, 1.165) is 15.0 Å². The third kappa shape index (κ3) is 3.28. The van der Waals surface area contributed by atoms with Crippen LogP contribution in [-0.2, 0) is 0 Å². The van der Waals surface area contributed by atoms with Gasteiger partial charge in [-0.1, -0.05) is 40.8 Å². The van der Waals surface area contributed by atoms with Gasteiger partial charge < -0.3 is 9.73 Å². The first-order valence-corrected chi connectivity index (χ1v) is 8.43. The fraction of sp³-hybridized carbons (Fsp3) is 0.286. The Balaban J connectivity index is 1.73. The van der Waals surface area contributed by atoms with Crippen molar-refractivity contribution >= 4 is 28.2 Å². The predicted molar refractivity (Wildman–Crippen MR) is 88.2 cm³/mol. The molecule has 2 heterocycles. The lowest BCUT2D eigenvalue weighted by Crippen LogP contribution is -1.88. The molecule has 0 aliphatic heterocycles. The van der Waals surface area contributed by atoms with Gasteiger partial charge in [0, 0.05) is 12.6 Å². The number of aromatic nitrogens is 4. The number of benzene rings is 1. The van der Waals surface area contributed by atoms with E-state index in [-0.39, 0.29) is 5.25 Å². The highest BCUT2D eigenvalue weighted by Crippen LogP contribution is 2.37. The number of thioether (sulfide) groups is 1. The van der Waals surface area contributed by atoms with Crippen molar-refractivity contribution in [2.45, 2.75) is 23.4 Å². The van der Waals surface area contributed by atoms with Gasteiger partial charge in [0.05, 0.1) is 5.25 Å². The van der Waals surface area contributed by atoms with Crippen LogP contribution in [0.5, 0.6) is 0 Å². The van der Waals surface area contributed by atoms with Crippen molar-refractivity contribution in [1.82, 2.24) is 20.4 Å². The zero-order valence-corrected chi connectivity index (χ0v) is 14.0. The van der Waals surface area contributed by atoms with E-state index >= 15 is 0 Å². The Hall–Kier alpha value is -1.93. The molecule has 0 aliphatic rings. The second kappa shape index (κ2) is 6.45. The number of hydrogen-bond acceptors (Lipinski definition) is 8. The fourth-order valence-electron chi connectivity index (χ4n) is 1.77. The van der Waals surface area contributed by atoms with E-state index in [4.69, 9.17) is 4.42 Å². The largest absolute Gasteiger partial charge is 0.419 e. The average Bonchev–Trinajstić information content (AvgIpc) is 3.17. The smallest absolute Gasteiger partial charge is 0.247 e. The van der Waals surface area contributed by atoms with Crippen LogP contribution in [0, 0.1) is 6.92 Å². The molecule has 8 heteroatoms. The van der Waals surface area contributed by atoms with Gasteiger partial charge in [0.25, 0.3) is 0 Å². The van der Waals surface area contributed by atoms with Crippen LogP contribution in [0.2, 0.25) is 0 Å². The highest BCUT2D eigenvalue weighted by molar-refractivity contribution is 8.01. The third-order valence-electron chi connectivity index (χ3n) is 2.98. The van der Waals surface area contributed by atoms with Crippen LogP contribution in [0.1, 0.15) is 23.6 Å². The maximum absolute atomic E-state index is 5.77. The van der Waals surface area contributed by atoms with Crippen LogP contribution in [0.4, 0.5) is 5.13 Å². The number of nitrogens with one attached hydrogen (secondary N) is 1. The lowest BCUT2D eigenvalue weighted by Gasteiger charge is -2.02. The molecule has 0 amide bonds. The number of hydrogen-bond donors (Lipinski definition) is 1. The van der Waals surface area contributed by atoms with Crippen LogP contribution >= 0.6 is 23.1 Å². The molecule has 6 nitrogen and oxygen atoms in total. The zero-order valence-electron chi connectivity index (χ0n) is 12.4. The molecule has 1 atom stereocenters. The second-order valence-electron chi connectivity index (χ2n) is 4.69. The molecule has 3 rings (SSSR count). The lowest BCUT2D eigenvalue weighted by molar-refractivity contribution is 0.509. The number of anilines is 1. The fourth-order valence-corrected chi connectivity index (χ4v) is 3.65. The molecule has 22 heavy (non-hydrogen) atoms. The zero-order chi connectivity index (χ0) is 15.5. The second-order valence-corrected chi connectivity index (χ2v) is 7.26. The molecule has 0 fully saturated rings. The minimum absolute atomic E-state index is 0.0179. The van der Waals surface area contributed by atoms with E-state index in [2.05, 4.69) is 25.7 Å². The summed E-state index contributed by atoms with van der Waals surface area (Å²) < 4.78 is 6.64. The van der Waals surface area contributed by atoms with Crippen molar-refractivity contribution in [3.8, 4) is 11.5 Å². The Kier molecular flexibility index (Phi) is 4.39. The average molecular weight is 333 g/mol. The van der Waals surface area contributed by atoms with Crippen LogP contribution in [0.25, 0.3) is 11.5 Å². The molecule has 1 unspecified atom stereocenters. The molecular formula is C14H15N5OS2. The van der Waals surface area contributed by atoms with Crippen LogP contribution in [-0.4, -0.2) is 27.4 Å². The van der Waals surface area contributed by atoms with Crippen molar-refractivity contribution in [2.75, 3.05) is 12.4 Å². The van der Waals surface area contributed by atoms with Gasteiger partial charge >= 0.3 is 0 Å². The van der Waals surface area contributed by atoms with E-state index in [1.54, 1.807) is 11.8 Å². The molecule has 114 valence electrons. The molecule has 1 N–H and O–H groups in total. The van der Waals surface area contributed by atoms with Gasteiger partial charge in [-0.05, 0) is 26.0 Å². The highest BCUT2D eigenvalue weighted by Gasteiger charge is 2.18. The Morgan fingerprint density at radius 2 is 1.91 bits per heavy atom. The monoisotopic (exact) mass is 333 g/mol. The van der Waals surface area contributed by atoms with Gasteiger partial charge in [-0.3, -0.25) is 0 Å². The summed E-state index contributed by atoms with van der Waals surface area (Å²) in [6.45, 7) is 4.06. The first-order chi connectivity index (χ1) is 10.7. The molecule has 3 aromatic rings. The van der Waals surface area contributed by atoms with Gasteiger partial charge in [-0.25, -0.2) is 0 Å². The maximum atomic E-state index is 5.77. The van der Waals surface area contributed by atoms with E-state index in [0.29, 0.717) is 11.8 Å². The van der Waals surface area contributed by atoms with E-state index in [9.17, 15) is 0 Å². The summed E-state index contributed by atoms with van der Waals surface area (Å²) in [4.78, 5) is 0. The van der Waals surface area contributed by atoms with Crippen LogP contribution < -0.4 is 5.32 Å². The first kappa shape index (κ1) is 15.0. The summed E-state index contributed by atoms with van der Waals surface area (Å²) >= 11 is 3.05. The van der Waals surface area contributed by atoms with Crippen molar-refractivity contribution in [3.05, 3.63) is 35.7 Å². The van der Waals surface area contributed by atoms with Gasteiger partial charge in [0.1, 0.15) is 0 Å². The maximum Gasteiger partial charge on any atom is 0.247 e. The van der Waals surface area contributed by atoms with Crippen molar-refractivity contribution in [1.29, 1.82) is 0 Å². The van der Waals surface area contributed by atoms with Crippen LogP contribution in [0.3, 0.4) is 0 Å². The minimum atomic E-state index is 0.0179. The molecule has 1 aromatic carbocycles. The van der Waals surface area contributed by atoms with E-state index < -0.39 is 0 Å². The number of aryl methyl sites for hydroxylation is 1. The van der Waals surface area contributed by atoms with E-state index in [1.807, 2.05) is 45.2 Å². The lowest BCUT2D eigenvalue weighted by atomic mass is 10.1. The standard InChI is InChI=1S/C14H15N5OS2/c1-8-4-6-10(7-5-8)12-17-16-11(20-12)9(2)21-14-19-18-13(15-3)22-14/h4-7,9H,1-3H3,(H,15,18). The molecule has 2 aromatic heterocycles. The quantitative estimate of drug-likeness (QED) is 0.712. The Labute approximate surface area is 136 Å². The van der Waals surface area contributed by atoms with Crippen molar-refractivity contribution < 1.29 is 4.42 Å². The summed E-state index contributed by atoms with van der Waals surface area (Å²) in [5.74, 6) is 1.12. The molecule has 0 saturated heterocycles. The molecule has 0 aliphatic carbocycles. The first-order valence-electron chi connectivity index (χ1n) is 6.74. The summed E-state index contributed by atoms with van der Waals surface area (Å²) in [6.07, 6.45) is 0. The van der Waals surface area contributed by atoms with Gasteiger partial charge in [0.15, 0.2) is 4.34 Å². The van der Waals surface area contributed by atoms with Crippen molar-refractivity contribution in [2.24, 2.45) is 0 Å². The highest BCUT2D eigenvalue weighted by atomic mass is 32.2. The minimum Gasteiger partial charge on any atom is -0.419 e. The summed E-state index contributed by atoms with van der Waals surface area (Å²) in [6, 6.07) is 8.01. The van der Waals surface area contributed by atoms with Gasteiger partial charge in [-0.2, -0.15) is 0 Å². The molecular weight excluding hydrogens is 318 g/mol. The normalized spacial score (nSPS) is 12.3. The third-order valence-corrected chi connectivity index (χ3v) is 5.10. The molecule has 0 bridgehead atoms.